The average molecular weight is 257 g/mol. The van der Waals surface area contributed by atoms with Crippen LogP contribution in [0.4, 0.5) is 0 Å². The molecular formula is C16H19NO2. The van der Waals surface area contributed by atoms with Crippen LogP contribution in [0.5, 0.6) is 11.5 Å². The minimum absolute atomic E-state index is 0.144. The van der Waals surface area contributed by atoms with Crippen molar-refractivity contribution in [2.75, 3.05) is 20.8 Å². The molecule has 3 nitrogen and oxygen atoms in total. The van der Waals surface area contributed by atoms with E-state index in [9.17, 15) is 0 Å². The summed E-state index contributed by atoms with van der Waals surface area (Å²) in [5, 5.41) is 0. The lowest BCUT2D eigenvalue weighted by Crippen LogP contribution is -2.14. The predicted octanol–water partition coefficient (Wildman–Crippen LogP) is 2.79. The van der Waals surface area contributed by atoms with E-state index in [2.05, 4.69) is 12.1 Å². The van der Waals surface area contributed by atoms with Gasteiger partial charge in [-0.1, -0.05) is 30.3 Å². The highest BCUT2D eigenvalue weighted by atomic mass is 16.5. The number of benzene rings is 2. The van der Waals surface area contributed by atoms with E-state index in [1.807, 2.05) is 36.4 Å². The van der Waals surface area contributed by atoms with Crippen molar-refractivity contribution in [1.82, 2.24) is 0 Å². The lowest BCUT2D eigenvalue weighted by molar-refractivity contribution is 0.393. The quantitative estimate of drug-likeness (QED) is 0.895. The first-order valence-corrected chi connectivity index (χ1v) is 6.26. The molecule has 1 atom stereocenters. The molecule has 0 aliphatic carbocycles. The molecule has 0 bridgehead atoms. The Labute approximate surface area is 114 Å². The average Bonchev–Trinajstić information content (AvgIpc) is 2.48. The maximum atomic E-state index is 5.94. The van der Waals surface area contributed by atoms with Crippen LogP contribution in [-0.2, 0) is 0 Å². The summed E-state index contributed by atoms with van der Waals surface area (Å²) in [6, 6.07) is 16.1. The summed E-state index contributed by atoms with van der Waals surface area (Å²) >= 11 is 0. The molecular weight excluding hydrogens is 238 g/mol. The van der Waals surface area contributed by atoms with Crippen molar-refractivity contribution in [3.63, 3.8) is 0 Å². The number of methoxy groups -OCH3 is 2. The normalized spacial score (nSPS) is 11.9. The number of hydrogen-bond acceptors (Lipinski definition) is 3. The molecule has 2 N–H and O–H groups in total. The molecule has 0 radical (unpaired) electrons. The van der Waals surface area contributed by atoms with E-state index in [4.69, 9.17) is 15.2 Å². The molecule has 0 saturated carbocycles. The van der Waals surface area contributed by atoms with E-state index in [-0.39, 0.29) is 5.92 Å². The van der Waals surface area contributed by atoms with Gasteiger partial charge in [-0.15, -0.1) is 0 Å². The van der Waals surface area contributed by atoms with E-state index in [1.165, 1.54) is 5.56 Å². The van der Waals surface area contributed by atoms with Gasteiger partial charge in [0.05, 0.1) is 14.2 Å². The molecule has 3 heteroatoms. The van der Waals surface area contributed by atoms with Crippen LogP contribution in [-0.4, -0.2) is 20.8 Å². The number of rotatable bonds is 5. The number of hydrogen-bond donors (Lipinski definition) is 1. The maximum Gasteiger partial charge on any atom is 0.122 e. The third-order valence-electron chi connectivity index (χ3n) is 3.21. The van der Waals surface area contributed by atoms with Gasteiger partial charge in [-0.05, 0) is 23.3 Å². The highest BCUT2D eigenvalue weighted by molar-refractivity contribution is 5.43. The Balaban J connectivity index is 2.43. The molecule has 100 valence electrons. The minimum atomic E-state index is 0.144. The molecule has 0 spiro atoms. The van der Waals surface area contributed by atoms with Crippen LogP contribution in [0.15, 0.2) is 48.5 Å². The Kier molecular flexibility index (Phi) is 4.42. The van der Waals surface area contributed by atoms with Gasteiger partial charge in [0, 0.05) is 18.5 Å². The van der Waals surface area contributed by atoms with Gasteiger partial charge < -0.3 is 15.2 Å². The second-order valence-electron chi connectivity index (χ2n) is 4.34. The SMILES string of the molecule is COc1cc(OC)cc([C@@H](CN)c2ccccc2)c1. The molecule has 0 amide bonds. The second kappa shape index (κ2) is 6.25. The summed E-state index contributed by atoms with van der Waals surface area (Å²) in [4.78, 5) is 0. The summed E-state index contributed by atoms with van der Waals surface area (Å²) in [7, 11) is 3.30. The fourth-order valence-corrected chi connectivity index (χ4v) is 2.18. The van der Waals surface area contributed by atoms with Gasteiger partial charge in [-0.25, -0.2) is 0 Å². The van der Waals surface area contributed by atoms with Gasteiger partial charge in [0.25, 0.3) is 0 Å². The summed E-state index contributed by atoms with van der Waals surface area (Å²) < 4.78 is 10.6. The molecule has 0 heterocycles. The van der Waals surface area contributed by atoms with Gasteiger partial charge in [0.2, 0.25) is 0 Å². The Morgan fingerprint density at radius 3 is 1.95 bits per heavy atom. The van der Waals surface area contributed by atoms with Gasteiger partial charge >= 0.3 is 0 Å². The van der Waals surface area contributed by atoms with Crippen LogP contribution in [0.3, 0.4) is 0 Å². The summed E-state index contributed by atoms with van der Waals surface area (Å²) in [6.07, 6.45) is 0. The van der Waals surface area contributed by atoms with Crippen LogP contribution >= 0.6 is 0 Å². The smallest absolute Gasteiger partial charge is 0.122 e. The standard InChI is InChI=1S/C16H19NO2/c1-18-14-8-13(9-15(10-14)19-2)16(11-17)12-6-4-3-5-7-12/h3-10,16H,11,17H2,1-2H3/t16-/m0/s1. The highest BCUT2D eigenvalue weighted by Crippen LogP contribution is 2.30. The van der Waals surface area contributed by atoms with Crippen molar-refractivity contribution < 1.29 is 9.47 Å². The fourth-order valence-electron chi connectivity index (χ4n) is 2.18. The van der Waals surface area contributed by atoms with Crippen LogP contribution in [0.25, 0.3) is 0 Å². The molecule has 19 heavy (non-hydrogen) atoms. The third-order valence-corrected chi connectivity index (χ3v) is 3.21. The monoisotopic (exact) mass is 257 g/mol. The van der Waals surface area contributed by atoms with Crippen LogP contribution in [0.2, 0.25) is 0 Å². The zero-order chi connectivity index (χ0) is 13.7. The minimum Gasteiger partial charge on any atom is -0.497 e. The second-order valence-corrected chi connectivity index (χ2v) is 4.34. The van der Waals surface area contributed by atoms with Gasteiger partial charge in [-0.3, -0.25) is 0 Å². The Morgan fingerprint density at radius 2 is 1.47 bits per heavy atom. The van der Waals surface area contributed by atoms with Gasteiger partial charge in [0.15, 0.2) is 0 Å². The Morgan fingerprint density at radius 1 is 0.895 bits per heavy atom. The van der Waals surface area contributed by atoms with Crippen LogP contribution in [0, 0.1) is 0 Å². The third kappa shape index (κ3) is 3.06. The van der Waals surface area contributed by atoms with Crippen molar-refractivity contribution in [2.45, 2.75) is 5.92 Å². The zero-order valence-corrected chi connectivity index (χ0v) is 11.3. The van der Waals surface area contributed by atoms with Crippen molar-refractivity contribution in [3.8, 4) is 11.5 Å². The molecule has 0 saturated heterocycles. The van der Waals surface area contributed by atoms with Crippen LogP contribution < -0.4 is 15.2 Å². The van der Waals surface area contributed by atoms with E-state index in [0.717, 1.165) is 17.1 Å². The molecule has 2 aromatic carbocycles. The first-order chi connectivity index (χ1) is 9.28. The summed E-state index contributed by atoms with van der Waals surface area (Å²) in [5.41, 5.74) is 8.23. The summed E-state index contributed by atoms with van der Waals surface area (Å²) in [6.45, 7) is 0.542. The van der Waals surface area contributed by atoms with Crippen LogP contribution in [0.1, 0.15) is 17.0 Å². The first-order valence-electron chi connectivity index (χ1n) is 6.26. The largest absolute Gasteiger partial charge is 0.497 e. The molecule has 0 aliphatic heterocycles. The predicted molar refractivity (Wildman–Crippen MR) is 76.9 cm³/mol. The van der Waals surface area contributed by atoms with E-state index < -0.39 is 0 Å². The topological polar surface area (TPSA) is 44.5 Å². The van der Waals surface area contributed by atoms with E-state index in [0.29, 0.717) is 6.54 Å². The zero-order valence-electron chi connectivity index (χ0n) is 11.3. The maximum absolute atomic E-state index is 5.94. The first kappa shape index (κ1) is 13.4. The molecule has 2 aromatic rings. The lowest BCUT2D eigenvalue weighted by atomic mass is 9.91. The number of ether oxygens (including phenoxy) is 2. The Hall–Kier alpha value is -2.00. The molecule has 2 rings (SSSR count). The Bertz CT molecular complexity index is 503. The fraction of sp³-hybridized carbons (Fsp3) is 0.250. The number of nitrogens with two attached hydrogens (primary N) is 1. The van der Waals surface area contributed by atoms with Gasteiger partial charge in [0.1, 0.15) is 11.5 Å². The molecule has 0 fully saturated rings. The van der Waals surface area contributed by atoms with Gasteiger partial charge in [-0.2, -0.15) is 0 Å². The van der Waals surface area contributed by atoms with E-state index >= 15 is 0 Å². The van der Waals surface area contributed by atoms with Crippen molar-refractivity contribution in [2.24, 2.45) is 5.73 Å². The summed E-state index contributed by atoms with van der Waals surface area (Å²) in [5.74, 6) is 1.71. The highest BCUT2D eigenvalue weighted by Gasteiger charge is 2.14. The van der Waals surface area contributed by atoms with Crippen molar-refractivity contribution >= 4 is 0 Å². The van der Waals surface area contributed by atoms with E-state index in [1.54, 1.807) is 14.2 Å². The molecule has 0 unspecified atom stereocenters. The lowest BCUT2D eigenvalue weighted by Gasteiger charge is -2.17. The van der Waals surface area contributed by atoms with Crippen molar-refractivity contribution in [1.29, 1.82) is 0 Å². The molecule has 0 aliphatic rings. The molecule has 0 aromatic heterocycles. The van der Waals surface area contributed by atoms with Crippen molar-refractivity contribution in [3.05, 3.63) is 59.7 Å².